The summed E-state index contributed by atoms with van der Waals surface area (Å²) in [6.45, 7) is 5.38. The van der Waals surface area contributed by atoms with Crippen LogP contribution in [-0.4, -0.2) is 22.5 Å². The van der Waals surface area contributed by atoms with Crippen molar-refractivity contribution in [3.63, 3.8) is 0 Å². The molecule has 0 saturated carbocycles. The highest BCUT2D eigenvalue weighted by molar-refractivity contribution is 6.09. The van der Waals surface area contributed by atoms with E-state index in [0.717, 1.165) is 0 Å². The summed E-state index contributed by atoms with van der Waals surface area (Å²) in [5.41, 5.74) is 0.481. The van der Waals surface area contributed by atoms with Gasteiger partial charge in [-0.25, -0.2) is 0 Å². The lowest BCUT2D eigenvalue weighted by molar-refractivity contribution is -0.153. The van der Waals surface area contributed by atoms with Crippen LogP contribution in [0.4, 0.5) is 0 Å². The zero-order valence-corrected chi connectivity index (χ0v) is 10.3. The molecule has 92 valence electrons. The van der Waals surface area contributed by atoms with Crippen molar-refractivity contribution in [2.75, 3.05) is 0 Å². The average molecular weight is 235 g/mol. The van der Waals surface area contributed by atoms with E-state index in [1.165, 1.54) is 0 Å². The molecule has 17 heavy (non-hydrogen) atoms. The fourth-order valence-electron chi connectivity index (χ4n) is 1.34. The summed E-state index contributed by atoms with van der Waals surface area (Å²) in [6.07, 6.45) is -0.0439. The van der Waals surface area contributed by atoms with Gasteiger partial charge in [-0.15, -0.1) is 0 Å². The van der Waals surface area contributed by atoms with Crippen molar-refractivity contribution in [3.05, 3.63) is 35.9 Å². The first-order valence-electron chi connectivity index (χ1n) is 5.40. The second kappa shape index (κ2) is 5.48. The molecule has 0 aliphatic carbocycles. The number of nitrogens with zero attached hydrogens (tertiary/aromatic N) is 1. The largest absolute Gasteiger partial charge is 0.460 e. The van der Waals surface area contributed by atoms with E-state index in [4.69, 9.17) is 9.94 Å². The Morgan fingerprint density at radius 3 is 2.35 bits per heavy atom. The van der Waals surface area contributed by atoms with Crippen LogP contribution in [-0.2, 0) is 9.53 Å². The number of carbonyl (C=O) groups is 1. The normalized spacial score (nSPS) is 12.3. The van der Waals surface area contributed by atoms with Gasteiger partial charge < -0.3 is 9.94 Å². The van der Waals surface area contributed by atoms with Crippen molar-refractivity contribution in [1.82, 2.24) is 0 Å². The molecule has 1 aromatic carbocycles. The van der Waals surface area contributed by atoms with E-state index in [2.05, 4.69) is 5.16 Å². The SMILES string of the molecule is CC(C)(C)OC(=O)C/C(=N\O)c1ccccc1. The van der Waals surface area contributed by atoms with E-state index in [9.17, 15) is 4.79 Å². The molecule has 1 N–H and O–H groups in total. The van der Waals surface area contributed by atoms with E-state index in [1.807, 2.05) is 18.2 Å². The van der Waals surface area contributed by atoms with E-state index < -0.39 is 11.6 Å². The summed E-state index contributed by atoms with van der Waals surface area (Å²) in [7, 11) is 0. The summed E-state index contributed by atoms with van der Waals surface area (Å²) >= 11 is 0. The van der Waals surface area contributed by atoms with Gasteiger partial charge in [0.2, 0.25) is 0 Å². The van der Waals surface area contributed by atoms with Crippen LogP contribution < -0.4 is 0 Å². The zero-order chi connectivity index (χ0) is 12.9. The number of rotatable bonds is 3. The summed E-state index contributed by atoms with van der Waals surface area (Å²) < 4.78 is 5.16. The first kappa shape index (κ1) is 13.2. The molecule has 0 fully saturated rings. The third kappa shape index (κ3) is 4.68. The monoisotopic (exact) mass is 235 g/mol. The van der Waals surface area contributed by atoms with E-state index >= 15 is 0 Å². The van der Waals surface area contributed by atoms with Gasteiger partial charge in [-0.3, -0.25) is 4.79 Å². The molecule has 1 rings (SSSR count). The molecule has 0 aliphatic rings. The standard InChI is InChI=1S/C13H17NO3/c1-13(2,3)17-12(15)9-11(14-16)10-7-5-4-6-8-10/h4-8,16H,9H2,1-3H3/b14-11+. The smallest absolute Gasteiger partial charge is 0.312 e. The fourth-order valence-corrected chi connectivity index (χ4v) is 1.34. The zero-order valence-electron chi connectivity index (χ0n) is 10.3. The lowest BCUT2D eigenvalue weighted by atomic mass is 10.1. The minimum atomic E-state index is -0.533. The van der Waals surface area contributed by atoms with Crippen LogP contribution >= 0.6 is 0 Å². The molecular formula is C13H17NO3. The first-order chi connectivity index (χ1) is 7.92. The van der Waals surface area contributed by atoms with Gasteiger partial charge in [0.15, 0.2) is 0 Å². The highest BCUT2D eigenvalue weighted by atomic mass is 16.6. The predicted octanol–water partition coefficient (Wildman–Crippen LogP) is 2.60. The average Bonchev–Trinajstić information content (AvgIpc) is 2.24. The summed E-state index contributed by atoms with van der Waals surface area (Å²) in [4.78, 5) is 11.6. The Labute approximate surface area is 101 Å². The van der Waals surface area contributed by atoms with Crippen molar-refractivity contribution < 1.29 is 14.7 Å². The molecule has 1 aromatic rings. The van der Waals surface area contributed by atoms with Crippen LogP contribution in [0, 0.1) is 0 Å². The number of carbonyl (C=O) groups excluding carboxylic acids is 1. The number of esters is 1. The lowest BCUT2D eigenvalue weighted by Crippen LogP contribution is -2.25. The van der Waals surface area contributed by atoms with Gasteiger partial charge in [-0.05, 0) is 26.3 Å². The molecule has 0 heterocycles. The molecule has 0 aromatic heterocycles. The maximum Gasteiger partial charge on any atom is 0.312 e. The van der Waals surface area contributed by atoms with Crippen molar-refractivity contribution in [1.29, 1.82) is 0 Å². The van der Waals surface area contributed by atoms with Crippen LogP contribution in [0.15, 0.2) is 35.5 Å². The Kier molecular flexibility index (Phi) is 4.26. The van der Waals surface area contributed by atoms with Gasteiger partial charge in [0.05, 0.1) is 12.1 Å². The van der Waals surface area contributed by atoms with Crippen molar-refractivity contribution in [2.45, 2.75) is 32.8 Å². The van der Waals surface area contributed by atoms with Gasteiger partial charge in [-0.1, -0.05) is 35.5 Å². The van der Waals surface area contributed by atoms with Crippen LogP contribution in [0.3, 0.4) is 0 Å². The maximum absolute atomic E-state index is 11.6. The van der Waals surface area contributed by atoms with Gasteiger partial charge in [0.25, 0.3) is 0 Å². The van der Waals surface area contributed by atoms with Gasteiger partial charge in [0.1, 0.15) is 5.60 Å². The quantitative estimate of drug-likeness (QED) is 0.379. The second-order valence-corrected chi connectivity index (χ2v) is 4.68. The summed E-state index contributed by atoms with van der Waals surface area (Å²) in [6, 6.07) is 9.04. The Morgan fingerprint density at radius 1 is 1.29 bits per heavy atom. The summed E-state index contributed by atoms with van der Waals surface area (Å²) in [5.74, 6) is -0.408. The number of hydrogen-bond donors (Lipinski definition) is 1. The van der Waals surface area contributed by atoms with Crippen LogP contribution in [0.2, 0.25) is 0 Å². The van der Waals surface area contributed by atoms with E-state index in [-0.39, 0.29) is 6.42 Å². The maximum atomic E-state index is 11.6. The van der Waals surface area contributed by atoms with Crippen molar-refractivity contribution in [2.24, 2.45) is 5.16 Å². The predicted molar refractivity (Wildman–Crippen MR) is 65.2 cm³/mol. The number of hydrogen-bond acceptors (Lipinski definition) is 4. The van der Waals surface area contributed by atoms with Crippen molar-refractivity contribution >= 4 is 11.7 Å². The minimum Gasteiger partial charge on any atom is -0.460 e. The molecule has 0 aliphatic heterocycles. The molecule has 0 bridgehead atoms. The molecular weight excluding hydrogens is 218 g/mol. The first-order valence-corrected chi connectivity index (χ1v) is 5.40. The Morgan fingerprint density at radius 2 is 1.88 bits per heavy atom. The molecule has 0 radical (unpaired) electrons. The third-order valence-electron chi connectivity index (χ3n) is 1.96. The van der Waals surface area contributed by atoms with Crippen LogP contribution in [0.5, 0.6) is 0 Å². The highest BCUT2D eigenvalue weighted by Gasteiger charge is 2.18. The Hall–Kier alpha value is -1.84. The van der Waals surface area contributed by atoms with Gasteiger partial charge in [0, 0.05) is 0 Å². The topological polar surface area (TPSA) is 58.9 Å². The Bertz CT molecular complexity index is 404. The fraction of sp³-hybridized carbons (Fsp3) is 0.385. The minimum absolute atomic E-state index is 0.0439. The van der Waals surface area contributed by atoms with Crippen LogP contribution in [0.25, 0.3) is 0 Å². The molecule has 4 nitrogen and oxygen atoms in total. The van der Waals surface area contributed by atoms with Gasteiger partial charge in [-0.2, -0.15) is 0 Å². The molecule has 0 saturated heterocycles. The molecule has 0 atom stereocenters. The van der Waals surface area contributed by atoms with Crippen LogP contribution in [0.1, 0.15) is 32.8 Å². The number of oxime groups is 1. The summed E-state index contributed by atoms with van der Waals surface area (Å²) in [5, 5.41) is 12.1. The molecule has 4 heteroatoms. The molecule has 0 spiro atoms. The van der Waals surface area contributed by atoms with Crippen molar-refractivity contribution in [3.8, 4) is 0 Å². The van der Waals surface area contributed by atoms with E-state index in [0.29, 0.717) is 11.3 Å². The highest BCUT2D eigenvalue weighted by Crippen LogP contribution is 2.11. The Balaban J connectivity index is 2.70. The molecule has 0 amide bonds. The molecule has 0 unspecified atom stereocenters. The van der Waals surface area contributed by atoms with E-state index in [1.54, 1.807) is 32.9 Å². The second-order valence-electron chi connectivity index (χ2n) is 4.68. The van der Waals surface area contributed by atoms with Gasteiger partial charge >= 0.3 is 5.97 Å². The number of benzene rings is 1. The number of ether oxygens (including phenoxy) is 1. The third-order valence-corrected chi connectivity index (χ3v) is 1.96. The lowest BCUT2D eigenvalue weighted by Gasteiger charge is -2.19.